The van der Waals surface area contributed by atoms with Crippen LogP contribution in [0.2, 0.25) is 10.0 Å². The van der Waals surface area contributed by atoms with Crippen LogP contribution < -0.4 is 0 Å². The van der Waals surface area contributed by atoms with Crippen LogP contribution in [0, 0.1) is 0 Å². The van der Waals surface area contributed by atoms with E-state index in [1.54, 1.807) is 36.1 Å². The van der Waals surface area contributed by atoms with Crippen LogP contribution >= 0.6 is 23.2 Å². The normalized spacial score (nSPS) is 11.2. The Kier molecular flexibility index (Phi) is 4.59. The van der Waals surface area contributed by atoms with Crippen LogP contribution in [-0.2, 0) is 16.1 Å². The van der Waals surface area contributed by atoms with Crippen molar-refractivity contribution in [3.8, 4) is 16.9 Å². The van der Waals surface area contributed by atoms with Gasteiger partial charge in [0.2, 0.25) is 0 Å². The van der Waals surface area contributed by atoms with Crippen molar-refractivity contribution >= 4 is 40.1 Å². The third kappa shape index (κ3) is 3.17. The molecule has 27 heavy (non-hydrogen) atoms. The number of benzene rings is 1. The Morgan fingerprint density at radius 1 is 1.30 bits per heavy atom. The highest BCUT2D eigenvalue weighted by Crippen LogP contribution is 2.38. The fraction of sp³-hybridized carbons (Fsp3) is 0.176. The van der Waals surface area contributed by atoms with Crippen LogP contribution in [0.4, 0.5) is 0 Å². The van der Waals surface area contributed by atoms with Crippen molar-refractivity contribution in [2.75, 3.05) is 6.61 Å². The summed E-state index contributed by atoms with van der Waals surface area (Å²) in [5, 5.41) is 16.7. The van der Waals surface area contributed by atoms with Gasteiger partial charge in [0.15, 0.2) is 5.82 Å². The van der Waals surface area contributed by atoms with Crippen molar-refractivity contribution in [3.05, 3.63) is 47.0 Å². The van der Waals surface area contributed by atoms with E-state index in [1.807, 2.05) is 12.3 Å². The Balaban J connectivity index is 1.84. The first kappa shape index (κ1) is 17.6. The van der Waals surface area contributed by atoms with Gasteiger partial charge in [0.1, 0.15) is 6.54 Å². The smallest absolute Gasteiger partial charge is 0.327 e. The minimum atomic E-state index is -0.383. The minimum Gasteiger partial charge on any atom is -0.465 e. The maximum atomic E-state index is 11.7. The fourth-order valence-corrected chi connectivity index (χ4v) is 3.29. The Bertz CT molecular complexity index is 1120. The molecule has 1 N–H and O–H groups in total. The summed E-state index contributed by atoms with van der Waals surface area (Å²) < 4.78 is 8.14. The SMILES string of the molecule is CCOC(=O)Cn1cc(-n2cc(-c3cn[nH]c3)c3ccc(Cl)c(Cl)c32)nn1. The van der Waals surface area contributed by atoms with Crippen LogP contribution in [-0.4, -0.2) is 42.3 Å². The van der Waals surface area contributed by atoms with Gasteiger partial charge in [-0.3, -0.25) is 14.5 Å². The van der Waals surface area contributed by atoms with Gasteiger partial charge in [-0.1, -0.05) is 34.5 Å². The molecule has 0 saturated heterocycles. The summed E-state index contributed by atoms with van der Waals surface area (Å²) >= 11 is 12.7. The number of fused-ring (bicyclic) bond motifs is 1. The Morgan fingerprint density at radius 2 is 2.15 bits per heavy atom. The fourth-order valence-electron chi connectivity index (χ4n) is 2.88. The molecule has 0 bridgehead atoms. The maximum absolute atomic E-state index is 11.7. The van der Waals surface area contributed by atoms with Gasteiger partial charge >= 0.3 is 5.97 Å². The van der Waals surface area contributed by atoms with E-state index < -0.39 is 0 Å². The van der Waals surface area contributed by atoms with Gasteiger partial charge in [0.25, 0.3) is 0 Å². The molecule has 4 rings (SSSR count). The number of nitrogens with one attached hydrogen (secondary N) is 1. The molecule has 1 aromatic carbocycles. The summed E-state index contributed by atoms with van der Waals surface area (Å²) in [6.45, 7) is 2.04. The maximum Gasteiger partial charge on any atom is 0.327 e. The van der Waals surface area contributed by atoms with E-state index in [9.17, 15) is 4.79 Å². The topological polar surface area (TPSA) is 90.6 Å². The van der Waals surface area contributed by atoms with Crippen molar-refractivity contribution < 1.29 is 9.53 Å². The van der Waals surface area contributed by atoms with Crippen LogP contribution in [0.5, 0.6) is 0 Å². The second-order valence-corrected chi connectivity index (χ2v) is 6.52. The standard InChI is InChI=1S/C17H14Cl2N6O2/c1-2-27-15(26)9-24-8-14(22-23-24)25-7-12(10-5-20-21-6-10)11-3-4-13(18)16(19)17(11)25/h3-8H,2,9H2,1H3,(H,20,21). The number of carbonyl (C=O) groups excluding carboxylic acids is 1. The zero-order valence-corrected chi connectivity index (χ0v) is 15.7. The zero-order chi connectivity index (χ0) is 19.0. The summed E-state index contributed by atoms with van der Waals surface area (Å²) in [4.78, 5) is 11.7. The Hall–Kier alpha value is -2.84. The predicted octanol–water partition coefficient (Wildman–Crippen LogP) is 3.48. The molecular weight excluding hydrogens is 391 g/mol. The first-order valence-corrected chi connectivity index (χ1v) is 8.88. The molecule has 0 radical (unpaired) electrons. The first-order chi connectivity index (χ1) is 13.1. The van der Waals surface area contributed by atoms with E-state index in [1.165, 1.54) is 4.68 Å². The molecule has 0 amide bonds. The number of carbonyl (C=O) groups is 1. The largest absolute Gasteiger partial charge is 0.465 e. The van der Waals surface area contributed by atoms with Crippen LogP contribution in [0.15, 0.2) is 36.9 Å². The van der Waals surface area contributed by atoms with Gasteiger partial charge in [0, 0.05) is 28.9 Å². The Labute approximate surface area is 163 Å². The molecule has 10 heteroatoms. The lowest BCUT2D eigenvalue weighted by Crippen LogP contribution is -2.13. The van der Waals surface area contributed by atoms with Gasteiger partial charge in [-0.05, 0) is 13.0 Å². The minimum absolute atomic E-state index is 0.0247. The molecule has 0 unspecified atom stereocenters. The van der Waals surface area contributed by atoms with E-state index in [4.69, 9.17) is 27.9 Å². The van der Waals surface area contributed by atoms with Crippen molar-refractivity contribution in [1.82, 2.24) is 29.8 Å². The molecule has 0 aliphatic carbocycles. The molecule has 0 saturated carbocycles. The molecule has 0 fully saturated rings. The average molecular weight is 405 g/mol. The predicted molar refractivity (Wildman–Crippen MR) is 101 cm³/mol. The lowest BCUT2D eigenvalue weighted by atomic mass is 10.1. The summed E-state index contributed by atoms with van der Waals surface area (Å²) in [5.74, 6) is 0.120. The number of halogens is 2. The van der Waals surface area contributed by atoms with Crippen molar-refractivity contribution in [3.63, 3.8) is 0 Å². The van der Waals surface area contributed by atoms with E-state index >= 15 is 0 Å². The van der Waals surface area contributed by atoms with Gasteiger partial charge in [0.05, 0.1) is 34.6 Å². The van der Waals surface area contributed by atoms with E-state index in [-0.39, 0.29) is 12.5 Å². The monoisotopic (exact) mass is 404 g/mol. The molecule has 0 aliphatic rings. The summed E-state index contributed by atoms with van der Waals surface area (Å²) in [6.07, 6.45) is 7.04. The lowest BCUT2D eigenvalue weighted by molar-refractivity contribution is -0.144. The third-order valence-electron chi connectivity index (χ3n) is 4.04. The quantitative estimate of drug-likeness (QED) is 0.514. The molecular formula is C17H14Cl2N6O2. The van der Waals surface area contributed by atoms with Crippen LogP contribution in [0.3, 0.4) is 0 Å². The average Bonchev–Trinajstić information content (AvgIpc) is 3.37. The highest BCUT2D eigenvalue weighted by molar-refractivity contribution is 6.45. The third-order valence-corrected chi connectivity index (χ3v) is 4.83. The second-order valence-electron chi connectivity index (χ2n) is 5.74. The van der Waals surface area contributed by atoms with E-state index in [0.717, 1.165) is 16.5 Å². The number of esters is 1. The lowest BCUT2D eigenvalue weighted by Gasteiger charge is -2.04. The number of H-pyrrole nitrogens is 1. The first-order valence-electron chi connectivity index (χ1n) is 8.12. The molecule has 0 aliphatic heterocycles. The summed E-state index contributed by atoms with van der Waals surface area (Å²) in [5.41, 5.74) is 2.51. The molecule has 3 aromatic heterocycles. The number of ether oxygens (including phenoxy) is 1. The molecule has 138 valence electrons. The molecule has 0 spiro atoms. The number of nitrogens with zero attached hydrogens (tertiary/aromatic N) is 5. The van der Waals surface area contributed by atoms with Gasteiger partial charge in [-0.15, -0.1) is 5.10 Å². The van der Waals surface area contributed by atoms with E-state index in [0.29, 0.717) is 28.0 Å². The number of hydrogen-bond donors (Lipinski definition) is 1. The zero-order valence-electron chi connectivity index (χ0n) is 14.2. The summed E-state index contributed by atoms with van der Waals surface area (Å²) in [7, 11) is 0. The van der Waals surface area contributed by atoms with Crippen LogP contribution in [0.25, 0.3) is 27.8 Å². The number of aromatic amines is 1. The molecule has 0 atom stereocenters. The van der Waals surface area contributed by atoms with Gasteiger partial charge in [-0.25, -0.2) is 4.68 Å². The van der Waals surface area contributed by atoms with Gasteiger partial charge < -0.3 is 4.74 Å². The molecule has 4 aromatic rings. The number of hydrogen-bond acceptors (Lipinski definition) is 5. The molecule has 8 nitrogen and oxygen atoms in total. The van der Waals surface area contributed by atoms with Crippen molar-refractivity contribution in [2.24, 2.45) is 0 Å². The highest BCUT2D eigenvalue weighted by atomic mass is 35.5. The number of aromatic nitrogens is 6. The van der Waals surface area contributed by atoms with Gasteiger partial charge in [-0.2, -0.15) is 5.10 Å². The van der Waals surface area contributed by atoms with Crippen LogP contribution in [0.1, 0.15) is 6.92 Å². The number of rotatable bonds is 5. The summed E-state index contributed by atoms with van der Waals surface area (Å²) in [6, 6.07) is 3.64. The molecule has 3 heterocycles. The Morgan fingerprint density at radius 3 is 2.89 bits per heavy atom. The van der Waals surface area contributed by atoms with Crippen molar-refractivity contribution in [1.29, 1.82) is 0 Å². The highest BCUT2D eigenvalue weighted by Gasteiger charge is 2.18. The van der Waals surface area contributed by atoms with E-state index in [2.05, 4.69) is 20.5 Å². The second kappa shape index (κ2) is 7.05. The van der Waals surface area contributed by atoms with Crippen molar-refractivity contribution in [2.45, 2.75) is 13.5 Å².